The molecule has 0 spiro atoms. The summed E-state index contributed by atoms with van der Waals surface area (Å²) in [6.45, 7) is 3.00. The molecule has 0 amide bonds. The summed E-state index contributed by atoms with van der Waals surface area (Å²) in [6.07, 6.45) is 2.21. The molecule has 2 rings (SSSR count). The third kappa shape index (κ3) is 2.06. The largest absolute Gasteiger partial charge is 0.480 e. The van der Waals surface area contributed by atoms with E-state index in [4.69, 9.17) is 0 Å². The number of carboxylic acid groups (broad SMARTS) is 1. The number of thiophene rings is 1. The van der Waals surface area contributed by atoms with Crippen molar-refractivity contribution in [1.82, 2.24) is 4.90 Å². The molecule has 1 saturated heterocycles. The van der Waals surface area contributed by atoms with Crippen molar-refractivity contribution in [3.05, 3.63) is 22.4 Å². The summed E-state index contributed by atoms with van der Waals surface area (Å²) >= 11 is 1.56. The molecule has 0 aliphatic carbocycles. The summed E-state index contributed by atoms with van der Waals surface area (Å²) in [5, 5.41) is 13.2. The normalized spacial score (nSPS) is 24.2. The molecule has 15 heavy (non-hydrogen) atoms. The SMILES string of the molecule is C[C@@H]1CCCN1[C@@H](C(=O)O)c1ccsc1. The van der Waals surface area contributed by atoms with Crippen LogP contribution in [0.15, 0.2) is 16.8 Å². The third-order valence-corrected chi connectivity index (χ3v) is 3.73. The fourth-order valence-electron chi connectivity index (χ4n) is 2.25. The monoisotopic (exact) mass is 225 g/mol. The average Bonchev–Trinajstić information content (AvgIpc) is 2.79. The maximum Gasteiger partial charge on any atom is 0.325 e. The summed E-state index contributed by atoms with van der Waals surface area (Å²) < 4.78 is 0. The van der Waals surface area contributed by atoms with Gasteiger partial charge < -0.3 is 5.11 Å². The van der Waals surface area contributed by atoms with E-state index in [0.29, 0.717) is 6.04 Å². The second-order valence-electron chi connectivity index (χ2n) is 4.03. The number of carboxylic acids is 1. The maximum atomic E-state index is 11.3. The van der Waals surface area contributed by atoms with Crippen LogP contribution in [0.2, 0.25) is 0 Å². The van der Waals surface area contributed by atoms with E-state index < -0.39 is 12.0 Å². The molecule has 1 N–H and O–H groups in total. The molecule has 1 aromatic heterocycles. The fraction of sp³-hybridized carbons (Fsp3) is 0.545. The van der Waals surface area contributed by atoms with Crippen LogP contribution in [0.4, 0.5) is 0 Å². The Labute approximate surface area is 93.3 Å². The summed E-state index contributed by atoms with van der Waals surface area (Å²) in [5.74, 6) is -0.734. The molecule has 4 heteroatoms. The quantitative estimate of drug-likeness (QED) is 0.858. The molecule has 2 heterocycles. The second kappa shape index (κ2) is 4.33. The number of carbonyl (C=O) groups is 1. The van der Waals surface area contributed by atoms with Crippen LogP contribution in [0.5, 0.6) is 0 Å². The highest BCUT2D eigenvalue weighted by molar-refractivity contribution is 7.08. The van der Waals surface area contributed by atoms with Crippen LogP contribution in [-0.2, 0) is 4.79 Å². The molecule has 2 atom stereocenters. The van der Waals surface area contributed by atoms with Gasteiger partial charge in [-0.1, -0.05) is 0 Å². The summed E-state index contributed by atoms with van der Waals surface area (Å²) in [4.78, 5) is 13.4. The first kappa shape index (κ1) is 10.6. The van der Waals surface area contributed by atoms with Crippen molar-refractivity contribution in [2.75, 3.05) is 6.54 Å². The van der Waals surface area contributed by atoms with Crippen molar-refractivity contribution < 1.29 is 9.90 Å². The molecule has 0 bridgehead atoms. The predicted octanol–water partition coefficient (Wildman–Crippen LogP) is 2.36. The van der Waals surface area contributed by atoms with Gasteiger partial charge in [0.1, 0.15) is 6.04 Å². The molecular weight excluding hydrogens is 210 g/mol. The zero-order chi connectivity index (χ0) is 10.8. The van der Waals surface area contributed by atoms with Gasteiger partial charge in [0.15, 0.2) is 0 Å². The lowest BCUT2D eigenvalue weighted by Crippen LogP contribution is -2.36. The topological polar surface area (TPSA) is 40.5 Å². The van der Waals surface area contributed by atoms with E-state index in [2.05, 4.69) is 11.8 Å². The van der Waals surface area contributed by atoms with Crippen LogP contribution in [0.3, 0.4) is 0 Å². The Kier molecular flexibility index (Phi) is 3.07. The Morgan fingerprint density at radius 2 is 2.53 bits per heavy atom. The van der Waals surface area contributed by atoms with Crippen LogP contribution in [0.25, 0.3) is 0 Å². The summed E-state index contributed by atoms with van der Waals surface area (Å²) in [7, 11) is 0. The lowest BCUT2D eigenvalue weighted by atomic mass is 10.1. The molecule has 1 aliphatic heterocycles. The van der Waals surface area contributed by atoms with Crippen LogP contribution >= 0.6 is 11.3 Å². The summed E-state index contributed by atoms with van der Waals surface area (Å²) in [5.41, 5.74) is 0.918. The minimum atomic E-state index is -0.734. The molecule has 82 valence electrons. The fourth-order valence-corrected chi connectivity index (χ4v) is 2.92. The van der Waals surface area contributed by atoms with Gasteiger partial charge in [0.2, 0.25) is 0 Å². The number of aliphatic carboxylic acids is 1. The van der Waals surface area contributed by atoms with E-state index in [1.807, 2.05) is 16.8 Å². The van der Waals surface area contributed by atoms with E-state index >= 15 is 0 Å². The van der Waals surface area contributed by atoms with E-state index in [9.17, 15) is 9.90 Å². The molecule has 0 saturated carbocycles. The average molecular weight is 225 g/mol. The Morgan fingerprint density at radius 1 is 1.73 bits per heavy atom. The van der Waals surface area contributed by atoms with E-state index in [1.54, 1.807) is 11.3 Å². The lowest BCUT2D eigenvalue weighted by molar-refractivity contribution is -0.143. The van der Waals surface area contributed by atoms with Gasteiger partial charge in [-0.3, -0.25) is 9.69 Å². The minimum Gasteiger partial charge on any atom is -0.480 e. The van der Waals surface area contributed by atoms with E-state index in [1.165, 1.54) is 0 Å². The number of hydrogen-bond donors (Lipinski definition) is 1. The first-order valence-electron chi connectivity index (χ1n) is 5.21. The third-order valence-electron chi connectivity index (χ3n) is 3.03. The lowest BCUT2D eigenvalue weighted by Gasteiger charge is -2.27. The first-order valence-corrected chi connectivity index (χ1v) is 6.15. The van der Waals surface area contributed by atoms with Crippen molar-refractivity contribution in [2.45, 2.75) is 31.8 Å². The van der Waals surface area contributed by atoms with Crippen LogP contribution < -0.4 is 0 Å². The van der Waals surface area contributed by atoms with Crippen molar-refractivity contribution >= 4 is 17.3 Å². The molecular formula is C11H15NO2S. The molecule has 3 nitrogen and oxygen atoms in total. The van der Waals surface area contributed by atoms with E-state index in [-0.39, 0.29) is 0 Å². The van der Waals surface area contributed by atoms with Crippen molar-refractivity contribution in [3.8, 4) is 0 Å². The molecule has 1 aliphatic rings. The van der Waals surface area contributed by atoms with Gasteiger partial charge in [-0.05, 0) is 48.7 Å². The van der Waals surface area contributed by atoms with Gasteiger partial charge in [0.05, 0.1) is 0 Å². The predicted molar refractivity (Wildman–Crippen MR) is 60.1 cm³/mol. The van der Waals surface area contributed by atoms with E-state index in [0.717, 1.165) is 24.9 Å². The highest BCUT2D eigenvalue weighted by Crippen LogP contribution is 2.30. The molecule has 0 radical (unpaired) electrons. The zero-order valence-corrected chi connectivity index (χ0v) is 9.54. The van der Waals surface area contributed by atoms with Gasteiger partial charge in [0.25, 0.3) is 0 Å². The zero-order valence-electron chi connectivity index (χ0n) is 8.72. The van der Waals surface area contributed by atoms with Gasteiger partial charge in [-0.25, -0.2) is 0 Å². The Balaban J connectivity index is 2.24. The molecule has 0 unspecified atom stereocenters. The number of hydrogen-bond acceptors (Lipinski definition) is 3. The number of likely N-dealkylation sites (tertiary alicyclic amines) is 1. The molecule has 1 aromatic rings. The van der Waals surface area contributed by atoms with Crippen LogP contribution in [0.1, 0.15) is 31.4 Å². The Hall–Kier alpha value is -0.870. The van der Waals surface area contributed by atoms with Crippen molar-refractivity contribution in [2.24, 2.45) is 0 Å². The van der Waals surface area contributed by atoms with Crippen molar-refractivity contribution in [3.63, 3.8) is 0 Å². The first-order chi connectivity index (χ1) is 7.20. The minimum absolute atomic E-state index is 0.381. The Morgan fingerprint density at radius 3 is 3.00 bits per heavy atom. The van der Waals surface area contributed by atoms with Gasteiger partial charge in [-0.15, -0.1) is 0 Å². The number of rotatable bonds is 3. The highest BCUT2D eigenvalue weighted by Gasteiger charge is 2.33. The standard InChI is InChI=1S/C11H15NO2S/c1-8-3-2-5-12(8)10(11(13)14)9-4-6-15-7-9/h4,6-8,10H,2-3,5H2,1H3,(H,13,14)/t8-,10-/m1/s1. The van der Waals surface area contributed by atoms with Crippen molar-refractivity contribution in [1.29, 1.82) is 0 Å². The summed E-state index contributed by atoms with van der Waals surface area (Å²) in [6, 6.07) is 1.84. The second-order valence-corrected chi connectivity index (χ2v) is 4.81. The van der Waals surface area contributed by atoms with Crippen LogP contribution in [0, 0.1) is 0 Å². The van der Waals surface area contributed by atoms with Gasteiger partial charge >= 0.3 is 5.97 Å². The van der Waals surface area contributed by atoms with Crippen LogP contribution in [-0.4, -0.2) is 28.6 Å². The smallest absolute Gasteiger partial charge is 0.325 e. The molecule has 0 aromatic carbocycles. The maximum absolute atomic E-state index is 11.3. The Bertz CT molecular complexity index is 336. The molecule has 1 fully saturated rings. The van der Waals surface area contributed by atoms with Gasteiger partial charge in [-0.2, -0.15) is 11.3 Å². The van der Waals surface area contributed by atoms with Gasteiger partial charge in [0, 0.05) is 6.04 Å². The highest BCUT2D eigenvalue weighted by atomic mass is 32.1. The number of nitrogens with zero attached hydrogens (tertiary/aromatic N) is 1.